The van der Waals surface area contributed by atoms with Crippen molar-refractivity contribution in [2.24, 2.45) is 0 Å². The lowest BCUT2D eigenvalue weighted by Crippen LogP contribution is -2.31. The Kier molecular flexibility index (Phi) is 4.09. The first-order chi connectivity index (χ1) is 8.97. The molecule has 0 aliphatic carbocycles. The van der Waals surface area contributed by atoms with Gasteiger partial charge >= 0.3 is 6.09 Å². The predicted molar refractivity (Wildman–Crippen MR) is 71.4 cm³/mol. The third-order valence-electron chi connectivity index (χ3n) is 3.21. The highest BCUT2D eigenvalue weighted by Crippen LogP contribution is 2.17. The van der Waals surface area contributed by atoms with Gasteiger partial charge in [-0.1, -0.05) is 30.3 Å². The molecular formula is C13H17NO4S. The van der Waals surface area contributed by atoms with Crippen LogP contribution in [0.1, 0.15) is 12.0 Å². The van der Waals surface area contributed by atoms with Gasteiger partial charge < -0.3 is 9.64 Å². The SMILES string of the molecule is CS(=O)(=O)[C@H]1CCN(C(=O)OCc2ccccc2)C1. The van der Waals surface area contributed by atoms with Gasteiger partial charge in [0, 0.05) is 19.3 Å². The number of hydrogen-bond donors (Lipinski definition) is 0. The quantitative estimate of drug-likeness (QED) is 0.842. The second-order valence-electron chi connectivity index (χ2n) is 4.73. The molecule has 0 unspecified atom stereocenters. The lowest BCUT2D eigenvalue weighted by Gasteiger charge is -2.16. The van der Waals surface area contributed by atoms with E-state index < -0.39 is 21.2 Å². The minimum Gasteiger partial charge on any atom is -0.445 e. The summed E-state index contributed by atoms with van der Waals surface area (Å²) < 4.78 is 28.0. The maximum Gasteiger partial charge on any atom is 0.410 e. The Hall–Kier alpha value is -1.56. The first-order valence-corrected chi connectivity index (χ1v) is 8.07. The summed E-state index contributed by atoms with van der Waals surface area (Å²) in [5.74, 6) is 0. The molecular weight excluding hydrogens is 266 g/mol. The van der Waals surface area contributed by atoms with Crippen molar-refractivity contribution in [2.45, 2.75) is 18.3 Å². The standard InChI is InChI=1S/C13H17NO4S/c1-19(16,17)12-7-8-14(9-12)13(15)18-10-11-5-3-2-4-6-11/h2-6,12H,7-10H2,1H3/t12-/m0/s1. The smallest absolute Gasteiger partial charge is 0.410 e. The van der Waals surface area contributed by atoms with E-state index in [1.807, 2.05) is 30.3 Å². The summed E-state index contributed by atoms with van der Waals surface area (Å²) in [4.78, 5) is 13.3. The largest absolute Gasteiger partial charge is 0.445 e. The zero-order valence-electron chi connectivity index (χ0n) is 10.8. The summed E-state index contributed by atoms with van der Waals surface area (Å²) in [6.45, 7) is 0.873. The number of likely N-dealkylation sites (tertiary alicyclic amines) is 1. The predicted octanol–water partition coefficient (Wildman–Crippen LogP) is 1.44. The van der Waals surface area contributed by atoms with E-state index in [1.54, 1.807) is 0 Å². The average Bonchev–Trinajstić information content (AvgIpc) is 2.87. The number of rotatable bonds is 3. The Morgan fingerprint density at radius 2 is 2.05 bits per heavy atom. The molecule has 1 aromatic carbocycles. The highest BCUT2D eigenvalue weighted by Gasteiger charge is 2.33. The fourth-order valence-electron chi connectivity index (χ4n) is 2.05. The molecule has 1 aliphatic heterocycles. The molecule has 1 atom stereocenters. The van der Waals surface area contributed by atoms with Gasteiger partial charge in [-0.2, -0.15) is 0 Å². The highest BCUT2D eigenvalue weighted by molar-refractivity contribution is 7.91. The van der Waals surface area contributed by atoms with Crippen LogP contribution >= 0.6 is 0 Å². The van der Waals surface area contributed by atoms with Crippen LogP contribution in [0.4, 0.5) is 4.79 Å². The number of carbonyl (C=O) groups is 1. The van der Waals surface area contributed by atoms with Gasteiger partial charge in [0.1, 0.15) is 6.61 Å². The summed E-state index contributed by atoms with van der Waals surface area (Å²) in [6.07, 6.45) is 1.24. The molecule has 0 saturated carbocycles. The maximum atomic E-state index is 11.8. The number of ether oxygens (including phenoxy) is 1. The topological polar surface area (TPSA) is 63.7 Å². The van der Waals surface area contributed by atoms with Gasteiger partial charge in [0.2, 0.25) is 0 Å². The second-order valence-corrected chi connectivity index (χ2v) is 7.05. The van der Waals surface area contributed by atoms with Crippen molar-refractivity contribution in [1.82, 2.24) is 4.90 Å². The van der Waals surface area contributed by atoms with Crippen molar-refractivity contribution in [2.75, 3.05) is 19.3 Å². The van der Waals surface area contributed by atoms with Crippen molar-refractivity contribution in [3.05, 3.63) is 35.9 Å². The van der Waals surface area contributed by atoms with Gasteiger partial charge in [-0.15, -0.1) is 0 Å². The minimum atomic E-state index is -3.09. The fraction of sp³-hybridized carbons (Fsp3) is 0.462. The molecule has 6 heteroatoms. The molecule has 1 aliphatic rings. The molecule has 5 nitrogen and oxygen atoms in total. The number of benzene rings is 1. The van der Waals surface area contributed by atoms with Crippen LogP contribution in [-0.2, 0) is 21.2 Å². The Bertz CT molecular complexity index is 541. The average molecular weight is 283 g/mol. The van der Waals surface area contributed by atoms with Gasteiger partial charge in [0.25, 0.3) is 0 Å². The van der Waals surface area contributed by atoms with Crippen LogP contribution < -0.4 is 0 Å². The van der Waals surface area contributed by atoms with E-state index >= 15 is 0 Å². The van der Waals surface area contributed by atoms with Gasteiger partial charge in [-0.3, -0.25) is 0 Å². The number of amides is 1. The van der Waals surface area contributed by atoms with E-state index in [9.17, 15) is 13.2 Å². The summed E-state index contributed by atoms with van der Waals surface area (Å²) in [5, 5.41) is -0.461. The maximum absolute atomic E-state index is 11.8. The van der Waals surface area contributed by atoms with Crippen LogP contribution in [-0.4, -0.2) is 44.0 Å². The molecule has 0 spiro atoms. The Balaban J connectivity index is 1.85. The van der Waals surface area contributed by atoms with E-state index in [1.165, 1.54) is 11.2 Å². The number of nitrogens with zero attached hydrogens (tertiary/aromatic N) is 1. The lowest BCUT2D eigenvalue weighted by atomic mass is 10.2. The van der Waals surface area contributed by atoms with Crippen molar-refractivity contribution in [1.29, 1.82) is 0 Å². The molecule has 0 radical (unpaired) electrons. The van der Waals surface area contributed by atoms with Crippen LogP contribution in [0.3, 0.4) is 0 Å². The molecule has 1 saturated heterocycles. The molecule has 2 rings (SSSR count). The third-order valence-corrected chi connectivity index (χ3v) is 4.81. The fourth-order valence-corrected chi connectivity index (χ4v) is 3.04. The van der Waals surface area contributed by atoms with Gasteiger partial charge in [-0.25, -0.2) is 13.2 Å². The van der Waals surface area contributed by atoms with Crippen molar-refractivity contribution in [3.63, 3.8) is 0 Å². The number of sulfone groups is 1. The number of carbonyl (C=O) groups excluding carboxylic acids is 1. The van der Waals surface area contributed by atoms with Crippen molar-refractivity contribution >= 4 is 15.9 Å². The summed E-state index contributed by atoms with van der Waals surface area (Å²) >= 11 is 0. The summed E-state index contributed by atoms with van der Waals surface area (Å²) in [7, 11) is -3.09. The molecule has 0 aromatic heterocycles. The zero-order valence-corrected chi connectivity index (χ0v) is 11.6. The zero-order chi connectivity index (χ0) is 13.9. The van der Waals surface area contributed by atoms with Crippen molar-refractivity contribution in [3.8, 4) is 0 Å². The molecule has 1 aromatic rings. The molecule has 104 valence electrons. The molecule has 0 N–H and O–H groups in total. The third kappa shape index (κ3) is 3.70. The van der Waals surface area contributed by atoms with Gasteiger partial charge in [0.15, 0.2) is 9.84 Å². The summed E-state index contributed by atoms with van der Waals surface area (Å²) in [5.41, 5.74) is 0.912. The molecule has 19 heavy (non-hydrogen) atoms. The first kappa shape index (κ1) is 13.9. The molecule has 1 amide bonds. The Labute approximate surface area is 113 Å². The lowest BCUT2D eigenvalue weighted by molar-refractivity contribution is 0.104. The van der Waals surface area contributed by atoms with E-state index in [-0.39, 0.29) is 13.2 Å². The highest BCUT2D eigenvalue weighted by atomic mass is 32.2. The first-order valence-electron chi connectivity index (χ1n) is 6.11. The molecule has 1 heterocycles. The second kappa shape index (κ2) is 5.61. The van der Waals surface area contributed by atoms with Crippen LogP contribution in [0.25, 0.3) is 0 Å². The van der Waals surface area contributed by atoms with Crippen molar-refractivity contribution < 1.29 is 17.9 Å². The minimum absolute atomic E-state index is 0.208. The molecule has 0 bridgehead atoms. The van der Waals surface area contributed by atoms with Crippen LogP contribution in [0.15, 0.2) is 30.3 Å². The van der Waals surface area contributed by atoms with E-state index in [2.05, 4.69) is 0 Å². The van der Waals surface area contributed by atoms with Crippen LogP contribution in [0.2, 0.25) is 0 Å². The van der Waals surface area contributed by atoms with Gasteiger partial charge in [0.05, 0.1) is 5.25 Å². The number of hydrogen-bond acceptors (Lipinski definition) is 4. The summed E-state index contributed by atoms with van der Waals surface area (Å²) in [6, 6.07) is 9.38. The normalized spacial score (nSPS) is 19.4. The Morgan fingerprint density at radius 3 is 2.63 bits per heavy atom. The Morgan fingerprint density at radius 1 is 1.37 bits per heavy atom. The van der Waals surface area contributed by atoms with Crippen LogP contribution in [0, 0.1) is 0 Å². The van der Waals surface area contributed by atoms with E-state index in [0.29, 0.717) is 13.0 Å². The molecule has 1 fully saturated rings. The van der Waals surface area contributed by atoms with E-state index in [4.69, 9.17) is 4.74 Å². The van der Waals surface area contributed by atoms with Gasteiger partial charge in [-0.05, 0) is 12.0 Å². The van der Waals surface area contributed by atoms with E-state index in [0.717, 1.165) is 5.56 Å². The van der Waals surface area contributed by atoms with Crippen LogP contribution in [0.5, 0.6) is 0 Å². The monoisotopic (exact) mass is 283 g/mol.